The molecule has 1 aromatic carbocycles. The Morgan fingerprint density at radius 1 is 1.21 bits per heavy atom. The maximum Gasteiger partial charge on any atom is 0.263 e. The Labute approximate surface area is 193 Å². The van der Waals surface area contributed by atoms with Crippen LogP contribution in [0.1, 0.15) is 17.7 Å². The fourth-order valence-electron chi connectivity index (χ4n) is 3.77. The van der Waals surface area contributed by atoms with Crippen molar-refractivity contribution in [3.05, 3.63) is 69.5 Å². The number of para-hydroxylation sites is 2. The predicted octanol–water partition coefficient (Wildman–Crippen LogP) is 3.20. The number of hydrogen-bond acceptors (Lipinski definition) is 7. The van der Waals surface area contributed by atoms with E-state index < -0.39 is 0 Å². The number of H-pyrrole nitrogens is 1. The summed E-state index contributed by atoms with van der Waals surface area (Å²) in [6.45, 7) is -0.228. The molecule has 5 rings (SSSR count). The van der Waals surface area contributed by atoms with Crippen LogP contribution in [-0.4, -0.2) is 39.4 Å². The molecule has 0 bridgehead atoms. The minimum atomic E-state index is -0.386. The van der Waals surface area contributed by atoms with Crippen LogP contribution in [-0.2, 0) is 17.6 Å². The molecule has 168 valence electrons. The van der Waals surface area contributed by atoms with Crippen LogP contribution >= 0.6 is 11.3 Å². The fraction of sp³-hybridized carbons (Fsp3) is 0.217. The van der Waals surface area contributed by atoms with Crippen LogP contribution in [0, 0.1) is 0 Å². The SMILES string of the molecule is COc1ccccc1OCC(=O)Nc1cc(-c2cccs2)nn1-c1nc2c(c(=O)[nH]1)CCC2. The van der Waals surface area contributed by atoms with E-state index >= 15 is 0 Å². The Morgan fingerprint density at radius 3 is 2.85 bits per heavy atom. The number of rotatable bonds is 7. The first-order chi connectivity index (χ1) is 16.1. The Morgan fingerprint density at radius 2 is 2.06 bits per heavy atom. The van der Waals surface area contributed by atoms with Crippen molar-refractivity contribution in [2.45, 2.75) is 19.3 Å². The zero-order valence-corrected chi connectivity index (χ0v) is 18.6. The molecule has 3 heterocycles. The van der Waals surface area contributed by atoms with Crippen LogP contribution in [0.2, 0.25) is 0 Å². The summed E-state index contributed by atoms with van der Waals surface area (Å²) in [5, 5.41) is 9.38. The molecule has 0 radical (unpaired) electrons. The Balaban J connectivity index is 1.43. The molecule has 1 amide bonds. The second-order valence-corrected chi connectivity index (χ2v) is 8.41. The van der Waals surface area contributed by atoms with E-state index in [0.29, 0.717) is 23.0 Å². The molecular weight excluding hydrogens is 442 g/mol. The summed E-state index contributed by atoms with van der Waals surface area (Å²) in [5.41, 5.74) is 1.99. The number of aryl methyl sites for hydroxylation is 1. The van der Waals surface area contributed by atoms with E-state index in [-0.39, 0.29) is 24.0 Å². The lowest BCUT2D eigenvalue weighted by Gasteiger charge is -2.11. The van der Waals surface area contributed by atoms with Crippen LogP contribution < -0.4 is 20.3 Å². The smallest absolute Gasteiger partial charge is 0.263 e. The van der Waals surface area contributed by atoms with Gasteiger partial charge in [0.15, 0.2) is 18.1 Å². The third kappa shape index (κ3) is 4.24. The summed E-state index contributed by atoms with van der Waals surface area (Å²) >= 11 is 1.53. The Kier molecular flexibility index (Phi) is 5.66. The molecule has 1 aliphatic rings. The first-order valence-electron chi connectivity index (χ1n) is 10.4. The van der Waals surface area contributed by atoms with Crippen molar-refractivity contribution in [2.24, 2.45) is 0 Å². The highest BCUT2D eigenvalue weighted by Crippen LogP contribution is 2.28. The molecule has 3 aromatic heterocycles. The lowest BCUT2D eigenvalue weighted by molar-refractivity contribution is -0.118. The van der Waals surface area contributed by atoms with Gasteiger partial charge in [-0.05, 0) is 42.8 Å². The highest BCUT2D eigenvalue weighted by molar-refractivity contribution is 7.13. The van der Waals surface area contributed by atoms with Gasteiger partial charge in [0.25, 0.3) is 11.5 Å². The summed E-state index contributed by atoms with van der Waals surface area (Å²) in [5.74, 6) is 1.27. The molecule has 33 heavy (non-hydrogen) atoms. The van der Waals surface area contributed by atoms with Crippen molar-refractivity contribution in [2.75, 3.05) is 19.0 Å². The van der Waals surface area contributed by atoms with Crippen molar-refractivity contribution in [1.29, 1.82) is 0 Å². The number of fused-ring (bicyclic) bond motifs is 1. The number of aromatic amines is 1. The largest absolute Gasteiger partial charge is 0.493 e. The molecule has 2 N–H and O–H groups in total. The maximum atomic E-state index is 12.7. The van der Waals surface area contributed by atoms with Gasteiger partial charge < -0.3 is 14.8 Å². The van der Waals surface area contributed by atoms with E-state index in [1.165, 1.54) is 23.1 Å². The zero-order valence-electron chi connectivity index (χ0n) is 17.8. The van der Waals surface area contributed by atoms with Gasteiger partial charge in [-0.15, -0.1) is 11.3 Å². The van der Waals surface area contributed by atoms with Crippen LogP contribution in [0.4, 0.5) is 5.82 Å². The monoisotopic (exact) mass is 463 g/mol. The normalized spacial score (nSPS) is 12.4. The number of carbonyl (C=O) groups is 1. The highest BCUT2D eigenvalue weighted by atomic mass is 32.1. The van der Waals surface area contributed by atoms with Crippen LogP contribution in [0.5, 0.6) is 11.5 Å². The summed E-state index contributed by atoms with van der Waals surface area (Å²) in [6.07, 6.45) is 2.37. The van der Waals surface area contributed by atoms with Gasteiger partial charge in [-0.25, -0.2) is 4.98 Å². The van der Waals surface area contributed by atoms with Crippen molar-refractivity contribution < 1.29 is 14.3 Å². The molecule has 0 aliphatic heterocycles. The number of amides is 1. The third-order valence-electron chi connectivity index (χ3n) is 5.31. The minimum absolute atomic E-state index is 0.169. The lowest BCUT2D eigenvalue weighted by Crippen LogP contribution is -2.24. The molecule has 10 heteroatoms. The van der Waals surface area contributed by atoms with Crippen molar-refractivity contribution in [3.63, 3.8) is 0 Å². The lowest BCUT2D eigenvalue weighted by atomic mass is 10.3. The van der Waals surface area contributed by atoms with Gasteiger partial charge in [-0.1, -0.05) is 18.2 Å². The molecule has 4 aromatic rings. The van der Waals surface area contributed by atoms with Gasteiger partial charge in [0.2, 0.25) is 5.95 Å². The molecule has 0 saturated carbocycles. The second kappa shape index (κ2) is 8.91. The first kappa shape index (κ1) is 21.0. The molecule has 0 fully saturated rings. The third-order valence-corrected chi connectivity index (χ3v) is 6.20. The van der Waals surface area contributed by atoms with Crippen molar-refractivity contribution >= 4 is 23.1 Å². The van der Waals surface area contributed by atoms with Crippen LogP contribution in [0.25, 0.3) is 16.5 Å². The predicted molar refractivity (Wildman–Crippen MR) is 124 cm³/mol. The van der Waals surface area contributed by atoms with E-state index in [4.69, 9.17) is 9.47 Å². The standard InChI is InChI=1S/C23H21N5O4S/c1-31-17-8-2-3-9-18(17)32-13-21(29)25-20-12-16(19-10-5-11-33-19)27-28(20)23-24-15-7-4-6-14(15)22(30)26-23/h2-3,5,8-12H,4,6-7,13H2,1H3,(H,25,29)(H,24,26,30). The highest BCUT2D eigenvalue weighted by Gasteiger charge is 2.21. The van der Waals surface area contributed by atoms with E-state index in [9.17, 15) is 9.59 Å². The number of carbonyl (C=O) groups excluding carboxylic acids is 1. The number of nitrogens with one attached hydrogen (secondary N) is 2. The number of anilines is 1. The molecule has 0 saturated heterocycles. The number of aromatic nitrogens is 4. The van der Waals surface area contributed by atoms with Crippen molar-refractivity contribution in [1.82, 2.24) is 19.7 Å². The fourth-order valence-corrected chi connectivity index (χ4v) is 4.45. The summed E-state index contributed by atoms with van der Waals surface area (Å²) in [6, 6.07) is 12.7. The average Bonchev–Trinajstić information content (AvgIpc) is 3.58. The van der Waals surface area contributed by atoms with E-state index in [1.54, 1.807) is 24.3 Å². The summed E-state index contributed by atoms with van der Waals surface area (Å²) in [7, 11) is 1.54. The van der Waals surface area contributed by atoms with E-state index in [1.807, 2.05) is 23.6 Å². The first-order valence-corrected chi connectivity index (χ1v) is 11.3. The molecule has 0 spiro atoms. The average molecular weight is 464 g/mol. The summed E-state index contributed by atoms with van der Waals surface area (Å²) in [4.78, 5) is 33.6. The van der Waals surface area contributed by atoms with Crippen LogP contribution in [0.3, 0.4) is 0 Å². The number of hydrogen-bond donors (Lipinski definition) is 2. The number of nitrogens with zero attached hydrogens (tertiary/aromatic N) is 3. The van der Waals surface area contributed by atoms with E-state index in [0.717, 1.165) is 35.4 Å². The number of thiophene rings is 1. The Hall–Kier alpha value is -3.92. The van der Waals surface area contributed by atoms with Gasteiger partial charge in [-0.3, -0.25) is 14.6 Å². The van der Waals surface area contributed by atoms with Gasteiger partial charge in [-0.2, -0.15) is 9.78 Å². The maximum absolute atomic E-state index is 12.7. The van der Waals surface area contributed by atoms with E-state index in [2.05, 4.69) is 20.4 Å². The number of methoxy groups -OCH3 is 1. The number of benzene rings is 1. The quantitative estimate of drug-likeness (QED) is 0.435. The van der Waals surface area contributed by atoms with Gasteiger partial charge in [0, 0.05) is 11.6 Å². The zero-order chi connectivity index (χ0) is 22.8. The minimum Gasteiger partial charge on any atom is -0.493 e. The molecular formula is C23H21N5O4S. The van der Waals surface area contributed by atoms with Crippen molar-refractivity contribution in [3.8, 4) is 28.0 Å². The van der Waals surface area contributed by atoms with Gasteiger partial charge >= 0.3 is 0 Å². The van der Waals surface area contributed by atoms with Gasteiger partial charge in [0.1, 0.15) is 11.5 Å². The summed E-state index contributed by atoms with van der Waals surface area (Å²) < 4.78 is 12.3. The topological polar surface area (TPSA) is 111 Å². The Bertz CT molecular complexity index is 1360. The molecule has 0 atom stereocenters. The van der Waals surface area contributed by atoms with Gasteiger partial charge in [0.05, 0.1) is 17.7 Å². The molecule has 9 nitrogen and oxygen atoms in total. The van der Waals surface area contributed by atoms with Crippen LogP contribution in [0.15, 0.2) is 52.6 Å². The molecule has 1 aliphatic carbocycles. The molecule has 0 unspecified atom stereocenters. The number of ether oxygens (including phenoxy) is 2. The second-order valence-electron chi connectivity index (χ2n) is 7.46.